The van der Waals surface area contributed by atoms with Crippen LogP contribution in [0.15, 0.2) is 0 Å². The van der Waals surface area contributed by atoms with E-state index in [0.717, 1.165) is 51.7 Å². The van der Waals surface area contributed by atoms with E-state index in [1.807, 2.05) is 6.92 Å². The third kappa shape index (κ3) is 2.54. The van der Waals surface area contributed by atoms with E-state index in [9.17, 15) is 9.90 Å². The van der Waals surface area contributed by atoms with Crippen molar-refractivity contribution in [2.45, 2.75) is 70.1 Å². The maximum atomic E-state index is 11.6. The Morgan fingerprint density at radius 2 is 2.28 bits per heavy atom. The minimum Gasteiger partial charge on any atom is -0.480 e. The molecular formula is C14H25NO3. The van der Waals surface area contributed by atoms with Crippen LogP contribution in [0.3, 0.4) is 0 Å². The number of carboxylic acids is 1. The lowest BCUT2D eigenvalue weighted by Gasteiger charge is -2.48. The number of ether oxygens (including phenoxy) is 1. The number of likely N-dealkylation sites (tertiary alicyclic amines) is 1. The average molecular weight is 255 g/mol. The number of hydrogen-bond acceptors (Lipinski definition) is 3. The molecule has 0 radical (unpaired) electrons. The second-order valence-corrected chi connectivity index (χ2v) is 5.81. The third-order valence-corrected chi connectivity index (χ3v) is 4.64. The Hall–Kier alpha value is -0.610. The monoisotopic (exact) mass is 255 g/mol. The quantitative estimate of drug-likeness (QED) is 0.840. The molecule has 2 fully saturated rings. The Bertz CT molecular complexity index is 307. The molecule has 0 saturated carbocycles. The number of rotatable bonds is 3. The van der Waals surface area contributed by atoms with E-state index >= 15 is 0 Å². The summed E-state index contributed by atoms with van der Waals surface area (Å²) in [7, 11) is 0. The highest BCUT2D eigenvalue weighted by atomic mass is 16.5. The average Bonchev–Trinajstić information content (AvgIpc) is 2.39. The van der Waals surface area contributed by atoms with Gasteiger partial charge in [0.1, 0.15) is 5.54 Å². The predicted molar refractivity (Wildman–Crippen MR) is 69.7 cm³/mol. The van der Waals surface area contributed by atoms with Crippen LogP contribution in [-0.4, -0.2) is 46.8 Å². The molecule has 18 heavy (non-hydrogen) atoms. The number of nitrogens with zero attached hydrogens (tertiary/aromatic N) is 1. The van der Waals surface area contributed by atoms with Gasteiger partial charge in [-0.3, -0.25) is 9.69 Å². The lowest BCUT2D eigenvalue weighted by Crippen LogP contribution is -2.60. The standard InChI is InChI=1S/C14H25NO3/c1-3-12-10-11(6-9-18-12)15-8-5-4-7-14(15,2)13(16)17/h11-12H,3-10H2,1-2H3,(H,16,17). The van der Waals surface area contributed by atoms with Crippen LogP contribution in [-0.2, 0) is 9.53 Å². The Kier molecular flexibility index (Phi) is 4.28. The molecule has 0 aromatic carbocycles. The van der Waals surface area contributed by atoms with Gasteiger partial charge in [0.2, 0.25) is 0 Å². The summed E-state index contributed by atoms with van der Waals surface area (Å²) < 4.78 is 5.70. The second-order valence-electron chi connectivity index (χ2n) is 5.81. The fourth-order valence-corrected chi connectivity index (χ4v) is 3.38. The molecule has 104 valence electrons. The maximum absolute atomic E-state index is 11.6. The molecule has 0 aromatic rings. The molecule has 0 amide bonds. The van der Waals surface area contributed by atoms with Gasteiger partial charge in [-0.25, -0.2) is 0 Å². The Labute approximate surface area is 109 Å². The van der Waals surface area contributed by atoms with Crippen molar-refractivity contribution in [3.63, 3.8) is 0 Å². The summed E-state index contributed by atoms with van der Waals surface area (Å²) in [5, 5.41) is 9.55. The number of piperidine rings is 1. The molecule has 0 bridgehead atoms. The van der Waals surface area contributed by atoms with Gasteiger partial charge in [-0.1, -0.05) is 6.92 Å². The van der Waals surface area contributed by atoms with Gasteiger partial charge in [0, 0.05) is 12.6 Å². The van der Waals surface area contributed by atoms with Gasteiger partial charge in [0.15, 0.2) is 0 Å². The first-order valence-corrected chi connectivity index (χ1v) is 7.19. The van der Waals surface area contributed by atoms with E-state index in [1.165, 1.54) is 0 Å². The molecular weight excluding hydrogens is 230 g/mol. The minimum absolute atomic E-state index is 0.309. The molecule has 3 atom stereocenters. The number of carboxylic acid groups (broad SMARTS) is 1. The van der Waals surface area contributed by atoms with E-state index in [0.29, 0.717) is 12.1 Å². The molecule has 4 nitrogen and oxygen atoms in total. The van der Waals surface area contributed by atoms with Crippen LogP contribution in [0.2, 0.25) is 0 Å². The Morgan fingerprint density at radius 3 is 2.94 bits per heavy atom. The number of aliphatic carboxylic acids is 1. The van der Waals surface area contributed by atoms with E-state index in [-0.39, 0.29) is 0 Å². The fourth-order valence-electron chi connectivity index (χ4n) is 3.38. The Balaban J connectivity index is 2.11. The summed E-state index contributed by atoms with van der Waals surface area (Å²) in [6.45, 7) is 5.73. The molecule has 2 aliphatic rings. The van der Waals surface area contributed by atoms with Crippen molar-refractivity contribution in [2.24, 2.45) is 0 Å². The summed E-state index contributed by atoms with van der Waals surface area (Å²) in [4.78, 5) is 13.8. The zero-order valence-corrected chi connectivity index (χ0v) is 11.5. The van der Waals surface area contributed by atoms with Crippen LogP contribution < -0.4 is 0 Å². The van der Waals surface area contributed by atoms with Crippen LogP contribution in [0.4, 0.5) is 0 Å². The van der Waals surface area contributed by atoms with Crippen LogP contribution in [0.5, 0.6) is 0 Å². The van der Waals surface area contributed by atoms with Gasteiger partial charge in [-0.15, -0.1) is 0 Å². The highest BCUT2D eigenvalue weighted by Crippen LogP contribution is 2.34. The molecule has 0 aliphatic carbocycles. The summed E-state index contributed by atoms with van der Waals surface area (Å²) >= 11 is 0. The topological polar surface area (TPSA) is 49.8 Å². The van der Waals surface area contributed by atoms with Gasteiger partial charge in [0.25, 0.3) is 0 Å². The molecule has 0 aromatic heterocycles. The first-order valence-electron chi connectivity index (χ1n) is 7.19. The van der Waals surface area contributed by atoms with Crippen LogP contribution >= 0.6 is 0 Å². The van der Waals surface area contributed by atoms with Gasteiger partial charge in [0.05, 0.1) is 6.10 Å². The zero-order valence-electron chi connectivity index (χ0n) is 11.5. The molecule has 3 unspecified atom stereocenters. The van der Waals surface area contributed by atoms with Gasteiger partial charge < -0.3 is 9.84 Å². The molecule has 1 N–H and O–H groups in total. The predicted octanol–water partition coefficient (Wildman–Crippen LogP) is 2.27. The van der Waals surface area contributed by atoms with E-state index < -0.39 is 11.5 Å². The van der Waals surface area contributed by atoms with Crippen molar-refractivity contribution >= 4 is 5.97 Å². The number of carbonyl (C=O) groups is 1. The van der Waals surface area contributed by atoms with Gasteiger partial charge in [-0.2, -0.15) is 0 Å². The van der Waals surface area contributed by atoms with Crippen LogP contribution in [0, 0.1) is 0 Å². The lowest BCUT2D eigenvalue weighted by molar-refractivity contribution is -0.158. The second kappa shape index (κ2) is 5.57. The molecule has 2 rings (SSSR count). The third-order valence-electron chi connectivity index (χ3n) is 4.64. The Morgan fingerprint density at radius 1 is 1.50 bits per heavy atom. The van der Waals surface area contributed by atoms with Crippen molar-refractivity contribution in [1.82, 2.24) is 4.90 Å². The highest BCUT2D eigenvalue weighted by Gasteiger charge is 2.45. The summed E-state index contributed by atoms with van der Waals surface area (Å²) in [5.74, 6) is -0.665. The van der Waals surface area contributed by atoms with Crippen molar-refractivity contribution in [3.8, 4) is 0 Å². The SMILES string of the molecule is CCC1CC(N2CCCCC2(C)C(=O)O)CCO1. The smallest absolute Gasteiger partial charge is 0.323 e. The van der Waals surface area contributed by atoms with Crippen molar-refractivity contribution < 1.29 is 14.6 Å². The number of hydrogen-bond donors (Lipinski definition) is 1. The van der Waals surface area contributed by atoms with E-state index in [2.05, 4.69) is 11.8 Å². The summed E-state index contributed by atoms with van der Waals surface area (Å²) in [5.41, 5.74) is -0.668. The van der Waals surface area contributed by atoms with Gasteiger partial charge >= 0.3 is 5.97 Å². The van der Waals surface area contributed by atoms with Crippen molar-refractivity contribution in [3.05, 3.63) is 0 Å². The van der Waals surface area contributed by atoms with E-state index in [1.54, 1.807) is 0 Å². The normalized spacial score (nSPS) is 38.6. The first kappa shape index (κ1) is 13.8. The van der Waals surface area contributed by atoms with Crippen molar-refractivity contribution in [1.29, 1.82) is 0 Å². The fraction of sp³-hybridized carbons (Fsp3) is 0.929. The summed E-state index contributed by atoms with van der Waals surface area (Å²) in [6.07, 6.45) is 6.21. The minimum atomic E-state index is -0.668. The molecule has 2 heterocycles. The van der Waals surface area contributed by atoms with Crippen LogP contribution in [0.25, 0.3) is 0 Å². The highest BCUT2D eigenvalue weighted by molar-refractivity contribution is 5.78. The zero-order chi connectivity index (χ0) is 13.2. The molecule has 2 saturated heterocycles. The molecule has 4 heteroatoms. The van der Waals surface area contributed by atoms with Gasteiger partial charge in [-0.05, 0) is 52.0 Å². The largest absolute Gasteiger partial charge is 0.480 e. The van der Waals surface area contributed by atoms with Crippen LogP contribution in [0.1, 0.15) is 52.4 Å². The van der Waals surface area contributed by atoms with E-state index in [4.69, 9.17) is 4.74 Å². The molecule has 0 spiro atoms. The van der Waals surface area contributed by atoms with Crippen molar-refractivity contribution in [2.75, 3.05) is 13.2 Å². The lowest BCUT2D eigenvalue weighted by atomic mass is 9.84. The first-order chi connectivity index (χ1) is 8.58. The summed E-state index contributed by atoms with van der Waals surface area (Å²) in [6, 6.07) is 0.380. The maximum Gasteiger partial charge on any atom is 0.323 e. The molecule has 2 aliphatic heterocycles.